The van der Waals surface area contributed by atoms with Gasteiger partial charge in [0.25, 0.3) is 6.17 Å². The van der Waals surface area contributed by atoms with Crippen molar-refractivity contribution in [3.05, 3.63) is 25.3 Å². The van der Waals surface area contributed by atoms with Crippen LogP contribution in [-0.4, -0.2) is 46.9 Å². The van der Waals surface area contributed by atoms with Crippen LogP contribution < -0.4 is 0 Å². The molecule has 0 saturated heterocycles. The van der Waals surface area contributed by atoms with Crippen molar-refractivity contribution in [2.45, 2.75) is 6.17 Å². The van der Waals surface area contributed by atoms with Gasteiger partial charge in [0.15, 0.2) is 0 Å². The lowest BCUT2D eigenvalue weighted by molar-refractivity contribution is -0.424. The van der Waals surface area contributed by atoms with Gasteiger partial charge in [-0.1, -0.05) is 25.3 Å². The standard InChI is InChI=1S/C10H12FN2O2/c1-3-5-12-7-8(11)9(14)13(6-4-2)10(12)15/h3-4,7-8H,1-2,5-6H2/q+1. The predicted molar refractivity (Wildman–Crippen MR) is 53.6 cm³/mol. The van der Waals surface area contributed by atoms with Gasteiger partial charge in [0.05, 0.1) is 0 Å². The molecule has 0 spiro atoms. The largest absolute Gasteiger partial charge is 0.501 e. The zero-order valence-corrected chi connectivity index (χ0v) is 8.23. The highest BCUT2D eigenvalue weighted by atomic mass is 19.1. The van der Waals surface area contributed by atoms with Crippen LogP contribution in [0.3, 0.4) is 0 Å². The molecule has 4 nitrogen and oxygen atoms in total. The highest BCUT2D eigenvalue weighted by Gasteiger charge is 2.42. The zero-order valence-electron chi connectivity index (χ0n) is 8.23. The van der Waals surface area contributed by atoms with Crippen LogP contribution in [0.4, 0.5) is 9.18 Å². The van der Waals surface area contributed by atoms with E-state index in [1.807, 2.05) is 0 Å². The summed E-state index contributed by atoms with van der Waals surface area (Å²) in [6, 6.07) is -0.547. The predicted octanol–water partition coefficient (Wildman–Crippen LogP) is 0.742. The number of nitrogens with zero attached hydrogens (tertiary/aromatic N) is 2. The summed E-state index contributed by atoms with van der Waals surface area (Å²) in [5.41, 5.74) is 0. The average Bonchev–Trinajstić information content (AvgIpc) is 2.21. The smallest absolute Gasteiger partial charge is 0.243 e. The summed E-state index contributed by atoms with van der Waals surface area (Å²) in [6.45, 7) is 7.04. The van der Waals surface area contributed by atoms with Crippen LogP contribution in [0.5, 0.6) is 0 Å². The maximum atomic E-state index is 13.2. The van der Waals surface area contributed by atoms with Crippen LogP contribution in [0.1, 0.15) is 0 Å². The van der Waals surface area contributed by atoms with Gasteiger partial charge in [-0.25, -0.2) is 9.18 Å². The number of hydrogen-bond donors (Lipinski definition) is 0. The molecule has 3 amide bonds. The van der Waals surface area contributed by atoms with Crippen LogP contribution in [-0.2, 0) is 4.79 Å². The van der Waals surface area contributed by atoms with Crippen molar-refractivity contribution in [2.24, 2.45) is 0 Å². The molecule has 1 unspecified atom stereocenters. The first-order valence-corrected chi connectivity index (χ1v) is 4.44. The maximum absolute atomic E-state index is 13.2. The Morgan fingerprint density at radius 1 is 1.47 bits per heavy atom. The second-order valence-electron chi connectivity index (χ2n) is 3.01. The van der Waals surface area contributed by atoms with Gasteiger partial charge in [0, 0.05) is 0 Å². The van der Waals surface area contributed by atoms with E-state index in [-0.39, 0.29) is 13.1 Å². The van der Waals surface area contributed by atoms with E-state index in [2.05, 4.69) is 13.2 Å². The highest BCUT2D eigenvalue weighted by Crippen LogP contribution is 2.06. The number of hydrogen-bond acceptors (Lipinski definition) is 2. The van der Waals surface area contributed by atoms with Crippen molar-refractivity contribution in [3.8, 4) is 0 Å². The molecule has 15 heavy (non-hydrogen) atoms. The first-order valence-electron chi connectivity index (χ1n) is 4.44. The van der Waals surface area contributed by atoms with Gasteiger partial charge in [-0.15, -0.1) is 0 Å². The second-order valence-corrected chi connectivity index (χ2v) is 3.01. The number of alkyl halides is 1. The van der Waals surface area contributed by atoms with Crippen LogP contribution in [0.15, 0.2) is 25.3 Å². The van der Waals surface area contributed by atoms with E-state index in [0.29, 0.717) is 0 Å². The summed E-state index contributed by atoms with van der Waals surface area (Å²) in [6.07, 6.45) is 2.03. The Morgan fingerprint density at radius 3 is 2.67 bits per heavy atom. The molecule has 5 heteroatoms. The van der Waals surface area contributed by atoms with Crippen molar-refractivity contribution in [2.75, 3.05) is 13.1 Å². The molecule has 1 atom stereocenters. The Hall–Kier alpha value is -1.78. The second kappa shape index (κ2) is 4.63. The summed E-state index contributed by atoms with van der Waals surface area (Å²) in [7, 11) is 0. The lowest BCUT2D eigenvalue weighted by atomic mass is 10.3. The Balaban J connectivity index is 2.98. The molecule has 1 aliphatic heterocycles. The summed E-state index contributed by atoms with van der Waals surface area (Å²) in [5.74, 6) is -0.847. The fourth-order valence-electron chi connectivity index (χ4n) is 1.26. The third-order valence-electron chi connectivity index (χ3n) is 1.93. The topological polar surface area (TPSA) is 40.4 Å². The van der Waals surface area contributed by atoms with E-state index in [9.17, 15) is 14.0 Å². The van der Waals surface area contributed by atoms with Crippen LogP contribution in [0.2, 0.25) is 0 Å². The van der Waals surface area contributed by atoms with Crippen molar-refractivity contribution >= 4 is 18.2 Å². The molecule has 0 aromatic carbocycles. The fourth-order valence-corrected chi connectivity index (χ4v) is 1.26. The lowest BCUT2D eigenvalue weighted by Gasteiger charge is -2.18. The van der Waals surface area contributed by atoms with Gasteiger partial charge in [0.1, 0.15) is 19.3 Å². The number of carbonyl (C=O) groups excluding carboxylic acids is 2. The SMILES string of the molecule is C=CCN1C(=O)C(F)C=[N+](CC=C)C1=O. The third-order valence-corrected chi connectivity index (χ3v) is 1.93. The molecule has 0 aromatic heterocycles. The van der Waals surface area contributed by atoms with Gasteiger partial charge in [0.2, 0.25) is 0 Å². The van der Waals surface area contributed by atoms with Gasteiger partial charge in [-0.2, -0.15) is 14.3 Å². The van der Waals surface area contributed by atoms with Crippen molar-refractivity contribution in [3.63, 3.8) is 0 Å². The number of carbonyl (C=O) groups is 2. The molecular weight excluding hydrogens is 199 g/mol. The van der Waals surface area contributed by atoms with Crippen molar-refractivity contribution < 1.29 is 18.6 Å². The lowest BCUT2D eigenvalue weighted by Crippen LogP contribution is -2.52. The first kappa shape index (κ1) is 11.3. The summed E-state index contributed by atoms with van der Waals surface area (Å²) >= 11 is 0. The molecule has 0 N–H and O–H groups in total. The van der Waals surface area contributed by atoms with Crippen molar-refractivity contribution in [1.82, 2.24) is 4.90 Å². The summed E-state index contributed by atoms with van der Waals surface area (Å²) < 4.78 is 14.3. The van der Waals surface area contributed by atoms with Crippen LogP contribution in [0, 0.1) is 0 Å². The average molecular weight is 211 g/mol. The van der Waals surface area contributed by atoms with Gasteiger partial charge in [-0.3, -0.25) is 0 Å². The number of halogens is 1. The minimum absolute atomic E-state index is 0.0135. The minimum Gasteiger partial charge on any atom is -0.243 e. The van der Waals surface area contributed by atoms with Crippen LogP contribution in [0.25, 0.3) is 0 Å². The Kier molecular flexibility index (Phi) is 3.49. The maximum Gasteiger partial charge on any atom is 0.501 e. The quantitative estimate of drug-likeness (QED) is 0.508. The molecule has 0 saturated carbocycles. The van der Waals surface area contributed by atoms with Crippen LogP contribution >= 0.6 is 0 Å². The molecule has 0 radical (unpaired) electrons. The molecule has 1 rings (SSSR count). The molecule has 0 aliphatic carbocycles. The number of rotatable bonds is 4. The molecule has 0 aromatic rings. The van der Waals surface area contributed by atoms with Gasteiger partial charge < -0.3 is 0 Å². The zero-order chi connectivity index (χ0) is 11.4. The van der Waals surface area contributed by atoms with Gasteiger partial charge >= 0.3 is 11.9 Å². The molecule has 80 valence electrons. The molecule has 1 heterocycles. The van der Waals surface area contributed by atoms with Crippen molar-refractivity contribution in [1.29, 1.82) is 0 Å². The Morgan fingerprint density at radius 2 is 2.13 bits per heavy atom. The number of imide groups is 1. The van der Waals surface area contributed by atoms with E-state index in [0.717, 1.165) is 15.7 Å². The number of amides is 3. The molecule has 0 bridgehead atoms. The van der Waals surface area contributed by atoms with E-state index in [4.69, 9.17) is 0 Å². The van der Waals surface area contributed by atoms with E-state index < -0.39 is 18.1 Å². The number of urea groups is 1. The summed E-state index contributed by atoms with van der Waals surface area (Å²) in [4.78, 5) is 23.7. The minimum atomic E-state index is -1.78. The highest BCUT2D eigenvalue weighted by molar-refractivity contribution is 6.05. The molecule has 0 fully saturated rings. The monoisotopic (exact) mass is 211 g/mol. The normalized spacial score (nSPS) is 21.3. The first-order chi connectivity index (χ1) is 7.11. The van der Waals surface area contributed by atoms with E-state index in [1.54, 1.807) is 0 Å². The van der Waals surface area contributed by atoms with E-state index in [1.165, 1.54) is 12.2 Å². The fraction of sp³-hybridized carbons (Fsp3) is 0.300. The summed E-state index contributed by atoms with van der Waals surface area (Å²) in [5, 5.41) is 0. The Labute approximate surface area is 87.0 Å². The molecule has 1 aliphatic rings. The van der Waals surface area contributed by atoms with Gasteiger partial charge in [-0.05, 0) is 0 Å². The molecular formula is C10H12FN2O2+. The van der Waals surface area contributed by atoms with E-state index >= 15 is 0 Å². The third kappa shape index (κ3) is 2.18. The Bertz CT molecular complexity index is 349.